The van der Waals surface area contributed by atoms with Gasteiger partial charge in [0.15, 0.2) is 11.5 Å². The molecule has 2 aromatic carbocycles. The molecule has 1 saturated heterocycles. The van der Waals surface area contributed by atoms with Crippen LogP contribution in [0, 0.1) is 5.92 Å². The molecule has 1 aliphatic rings. The van der Waals surface area contributed by atoms with E-state index in [9.17, 15) is 14.7 Å². The monoisotopic (exact) mass is 383 g/mol. The predicted octanol–water partition coefficient (Wildman–Crippen LogP) is 1.39. The summed E-state index contributed by atoms with van der Waals surface area (Å²) >= 11 is 0. The van der Waals surface area contributed by atoms with Crippen molar-refractivity contribution in [2.75, 3.05) is 20.8 Å². The van der Waals surface area contributed by atoms with Gasteiger partial charge in [-0.15, -0.1) is 0 Å². The number of rotatable bonds is 6. The van der Waals surface area contributed by atoms with Crippen molar-refractivity contribution in [3.05, 3.63) is 53.6 Å². The van der Waals surface area contributed by atoms with Crippen molar-refractivity contribution in [1.29, 1.82) is 0 Å². The molecule has 0 saturated carbocycles. The van der Waals surface area contributed by atoms with Crippen LogP contribution in [0.1, 0.15) is 17.0 Å². The number of nitrogens with one attached hydrogen (secondary N) is 2. The summed E-state index contributed by atoms with van der Waals surface area (Å²) in [6.45, 7) is 0.400. The van der Waals surface area contributed by atoms with Gasteiger partial charge in [-0.3, -0.25) is 9.59 Å². The molecule has 3 rings (SSSR count). The quantitative estimate of drug-likeness (QED) is 0.397. The number of carbonyl (C=O) groups is 2. The van der Waals surface area contributed by atoms with Crippen molar-refractivity contribution in [3.8, 4) is 17.2 Å². The zero-order chi connectivity index (χ0) is 20.1. The number of phenols is 1. The number of benzene rings is 2. The van der Waals surface area contributed by atoms with Crippen molar-refractivity contribution >= 4 is 18.0 Å². The van der Waals surface area contributed by atoms with E-state index in [1.807, 2.05) is 30.3 Å². The SMILES string of the molecule is COc1cc(/C=N/NC(=O)[C@H]2C(=O)NC[C@H]2c2ccccc2)cc(OC)c1O. The van der Waals surface area contributed by atoms with Gasteiger partial charge < -0.3 is 19.9 Å². The number of carbonyl (C=O) groups excluding carboxylic acids is 2. The maximum absolute atomic E-state index is 12.6. The first-order chi connectivity index (χ1) is 13.5. The van der Waals surface area contributed by atoms with E-state index < -0.39 is 11.8 Å². The first-order valence-corrected chi connectivity index (χ1v) is 8.65. The first kappa shape index (κ1) is 19.2. The maximum atomic E-state index is 12.6. The molecule has 2 aromatic rings. The van der Waals surface area contributed by atoms with Gasteiger partial charge in [0.05, 0.1) is 20.4 Å². The third kappa shape index (κ3) is 3.90. The number of phenolic OH excluding ortho intramolecular Hbond substituents is 1. The highest BCUT2D eigenvalue weighted by Gasteiger charge is 2.40. The zero-order valence-electron chi connectivity index (χ0n) is 15.5. The van der Waals surface area contributed by atoms with Crippen LogP contribution in [0.3, 0.4) is 0 Å². The van der Waals surface area contributed by atoms with Crippen LogP contribution in [0.25, 0.3) is 0 Å². The summed E-state index contributed by atoms with van der Waals surface area (Å²) in [5.41, 5.74) is 3.88. The van der Waals surface area contributed by atoms with Crippen LogP contribution in [0.15, 0.2) is 47.6 Å². The average molecular weight is 383 g/mol. The number of methoxy groups -OCH3 is 2. The van der Waals surface area contributed by atoms with E-state index in [4.69, 9.17) is 9.47 Å². The van der Waals surface area contributed by atoms with Gasteiger partial charge in [0.25, 0.3) is 5.91 Å². The Morgan fingerprint density at radius 3 is 2.46 bits per heavy atom. The Balaban J connectivity index is 1.73. The van der Waals surface area contributed by atoms with Gasteiger partial charge in [0.1, 0.15) is 5.92 Å². The fourth-order valence-electron chi connectivity index (χ4n) is 3.16. The number of nitrogens with zero attached hydrogens (tertiary/aromatic N) is 1. The predicted molar refractivity (Wildman–Crippen MR) is 103 cm³/mol. The second-order valence-corrected chi connectivity index (χ2v) is 6.25. The molecule has 2 atom stereocenters. The highest BCUT2D eigenvalue weighted by Crippen LogP contribution is 2.36. The second-order valence-electron chi connectivity index (χ2n) is 6.25. The van der Waals surface area contributed by atoms with Crippen molar-refractivity contribution in [1.82, 2.24) is 10.7 Å². The number of amides is 2. The number of hydrogen-bond donors (Lipinski definition) is 3. The van der Waals surface area contributed by atoms with Gasteiger partial charge in [-0.05, 0) is 17.7 Å². The lowest BCUT2D eigenvalue weighted by atomic mass is 9.88. The summed E-state index contributed by atoms with van der Waals surface area (Å²) < 4.78 is 10.2. The van der Waals surface area contributed by atoms with Crippen LogP contribution >= 0.6 is 0 Å². The third-order valence-corrected chi connectivity index (χ3v) is 4.58. The van der Waals surface area contributed by atoms with Crippen LogP contribution in [-0.4, -0.2) is 43.9 Å². The number of aromatic hydroxyl groups is 1. The first-order valence-electron chi connectivity index (χ1n) is 8.65. The molecule has 3 N–H and O–H groups in total. The van der Waals surface area contributed by atoms with Gasteiger partial charge >= 0.3 is 0 Å². The number of hydrogen-bond acceptors (Lipinski definition) is 6. The van der Waals surface area contributed by atoms with Crippen LogP contribution < -0.4 is 20.2 Å². The van der Waals surface area contributed by atoms with E-state index in [1.165, 1.54) is 20.4 Å². The Labute approximate surface area is 162 Å². The van der Waals surface area contributed by atoms with Gasteiger partial charge in [0.2, 0.25) is 11.7 Å². The molecule has 0 spiro atoms. The summed E-state index contributed by atoms with van der Waals surface area (Å²) in [6, 6.07) is 12.5. The van der Waals surface area contributed by atoms with Gasteiger partial charge in [0, 0.05) is 18.0 Å². The molecule has 0 radical (unpaired) electrons. The fourth-order valence-corrected chi connectivity index (χ4v) is 3.16. The molecule has 2 amide bonds. The Morgan fingerprint density at radius 2 is 1.86 bits per heavy atom. The molecule has 0 bridgehead atoms. The van der Waals surface area contributed by atoms with Crippen molar-refractivity contribution in [3.63, 3.8) is 0 Å². The lowest BCUT2D eigenvalue weighted by Gasteiger charge is -2.15. The van der Waals surface area contributed by atoms with Gasteiger partial charge in [-0.2, -0.15) is 5.10 Å². The molecule has 0 aliphatic carbocycles. The summed E-state index contributed by atoms with van der Waals surface area (Å²) in [6.07, 6.45) is 1.38. The molecule has 1 aliphatic heterocycles. The lowest BCUT2D eigenvalue weighted by molar-refractivity contribution is -0.133. The fraction of sp³-hybridized carbons (Fsp3) is 0.250. The number of ether oxygens (including phenoxy) is 2. The minimum atomic E-state index is -0.858. The minimum Gasteiger partial charge on any atom is -0.502 e. The molecule has 1 heterocycles. The Morgan fingerprint density at radius 1 is 1.21 bits per heavy atom. The molecule has 28 heavy (non-hydrogen) atoms. The van der Waals surface area contributed by atoms with E-state index in [0.29, 0.717) is 12.1 Å². The zero-order valence-corrected chi connectivity index (χ0v) is 15.5. The smallest absolute Gasteiger partial charge is 0.253 e. The average Bonchev–Trinajstić information content (AvgIpc) is 3.11. The van der Waals surface area contributed by atoms with Crippen molar-refractivity contribution in [2.24, 2.45) is 11.0 Å². The molecular formula is C20H21N3O5. The summed E-state index contributed by atoms with van der Waals surface area (Å²) in [7, 11) is 2.83. The van der Waals surface area contributed by atoms with Crippen LogP contribution in [0.2, 0.25) is 0 Å². The van der Waals surface area contributed by atoms with Crippen LogP contribution in [0.5, 0.6) is 17.2 Å². The van der Waals surface area contributed by atoms with E-state index in [1.54, 1.807) is 12.1 Å². The van der Waals surface area contributed by atoms with E-state index in [2.05, 4.69) is 15.8 Å². The highest BCUT2D eigenvalue weighted by atomic mass is 16.5. The van der Waals surface area contributed by atoms with Crippen molar-refractivity contribution < 1.29 is 24.2 Å². The molecule has 146 valence electrons. The molecule has 0 aromatic heterocycles. The van der Waals surface area contributed by atoms with Crippen LogP contribution in [-0.2, 0) is 9.59 Å². The normalized spacial score (nSPS) is 18.7. The van der Waals surface area contributed by atoms with E-state index in [-0.39, 0.29) is 29.1 Å². The largest absolute Gasteiger partial charge is 0.502 e. The lowest BCUT2D eigenvalue weighted by Crippen LogP contribution is -2.34. The summed E-state index contributed by atoms with van der Waals surface area (Å²) in [4.78, 5) is 24.7. The minimum absolute atomic E-state index is 0.125. The van der Waals surface area contributed by atoms with E-state index in [0.717, 1.165) is 5.56 Å². The standard InChI is InChI=1S/C20H21N3O5/c1-27-15-8-12(9-16(28-2)18(15)24)10-22-23-20(26)17-14(11-21-19(17)25)13-6-4-3-5-7-13/h3-10,14,17,24H,11H2,1-2H3,(H,21,25)(H,23,26)/b22-10+/t14-,17+/m0/s1. The molecule has 8 heteroatoms. The summed E-state index contributed by atoms with van der Waals surface area (Å²) in [5, 5.41) is 16.6. The molecular weight excluding hydrogens is 362 g/mol. The van der Waals surface area contributed by atoms with Gasteiger partial charge in [-0.25, -0.2) is 5.43 Å². The highest BCUT2D eigenvalue weighted by molar-refractivity contribution is 6.03. The van der Waals surface area contributed by atoms with Gasteiger partial charge in [-0.1, -0.05) is 30.3 Å². The molecule has 1 fully saturated rings. The summed E-state index contributed by atoms with van der Waals surface area (Å²) in [5.74, 6) is -1.62. The Kier molecular flexibility index (Phi) is 5.78. The maximum Gasteiger partial charge on any atom is 0.253 e. The van der Waals surface area contributed by atoms with E-state index >= 15 is 0 Å². The molecule has 8 nitrogen and oxygen atoms in total. The van der Waals surface area contributed by atoms with Crippen LogP contribution in [0.4, 0.5) is 0 Å². The Hall–Kier alpha value is -3.55. The molecule has 0 unspecified atom stereocenters. The Bertz CT molecular complexity index is 873. The number of hydrazone groups is 1. The topological polar surface area (TPSA) is 109 Å². The van der Waals surface area contributed by atoms with Crippen molar-refractivity contribution in [2.45, 2.75) is 5.92 Å². The third-order valence-electron chi connectivity index (χ3n) is 4.58. The second kappa shape index (κ2) is 8.43.